The van der Waals surface area contributed by atoms with Crippen molar-refractivity contribution in [1.82, 2.24) is 0 Å². The lowest BCUT2D eigenvalue weighted by Crippen LogP contribution is -2.15. The van der Waals surface area contributed by atoms with Crippen LogP contribution in [0.25, 0.3) is 0 Å². The molecule has 0 aromatic carbocycles. The summed E-state index contributed by atoms with van der Waals surface area (Å²) in [5.41, 5.74) is 0. The zero-order valence-electron chi connectivity index (χ0n) is 6.12. The Morgan fingerprint density at radius 1 is 1.50 bits per heavy atom. The Kier molecular flexibility index (Phi) is 4.91. The molecule has 0 saturated carbocycles. The van der Waals surface area contributed by atoms with Crippen LogP contribution in [0.5, 0.6) is 0 Å². The predicted octanol–water partition coefficient (Wildman–Crippen LogP) is 0.627. The second kappa shape index (κ2) is 5.21. The van der Waals surface area contributed by atoms with Gasteiger partial charge in [0, 0.05) is 12.3 Å². The summed E-state index contributed by atoms with van der Waals surface area (Å²) in [6.45, 7) is 1.75. The highest BCUT2D eigenvalue weighted by Crippen LogP contribution is 2.09. The maximum absolute atomic E-state index is 8.59. The van der Waals surface area contributed by atoms with E-state index in [1.54, 1.807) is 6.92 Å². The smallest absolute Gasteiger partial charge is 0.154 e. The lowest BCUT2D eigenvalue weighted by molar-refractivity contribution is -0.0806. The Balaban J connectivity index is 3.23. The fourth-order valence-corrected chi connectivity index (χ4v) is 0.652. The van der Waals surface area contributed by atoms with Gasteiger partial charge in [-0.15, -0.1) is 0 Å². The molecule has 3 heteroatoms. The normalized spacial score (nSPS) is 13.1. The van der Waals surface area contributed by atoms with E-state index in [2.05, 4.69) is 0 Å². The topological polar surface area (TPSA) is 64.2 Å². The fourth-order valence-electron chi connectivity index (χ4n) is 0.652. The Labute approximate surface area is 60.9 Å². The highest BCUT2D eigenvalue weighted by atomic mass is 16.5. The second-order valence-corrected chi connectivity index (χ2v) is 2.44. The number of hydrogen-bond acceptors (Lipinski definition) is 3. The van der Waals surface area contributed by atoms with Crippen molar-refractivity contribution in [1.29, 1.82) is 5.26 Å². The molecular formula is C7H13NO2. The molecule has 0 saturated heterocycles. The van der Waals surface area contributed by atoms with Crippen molar-refractivity contribution < 1.29 is 10.2 Å². The van der Waals surface area contributed by atoms with E-state index < -0.39 is 6.29 Å². The van der Waals surface area contributed by atoms with Crippen LogP contribution in [0.15, 0.2) is 0 Å². The van der Waals surface area contributed by atoms with E-state index in [1.165, 1.54) is 0 Å². The molecule has 0 aromatic heterocycles. The van der Waals surface area contributed by atoms with Gasteiger partial charge < -0.3 is 10.2 Å². The van der Waals surface area contributed by atoms with Crippen LogP contribution in [0.2, 0.25) is 0 Å². The van der Waals surface area contributed by atoms with Crippen LogP contribution in [0.4, 0.5) is 0 Å². The van der Waals surface area contributed by atoms with Crippen LogP contribution in [-0.2, 0) is 0 Å². The van der Waals surface area contributed by atoms with Gasteiger partial charge in [-0.25, -0.2) is 0 Å². The summed E-state index contributed by atoms with van der Waals surface area (Å²) in [6, 6.07) is 2.00. The lowest BCUT2D eigenvalue weighted by Gasteiger charge is -2.11. The van der Waals surface area contributed by atoms with Gasteiger partial charge >= 0.3 is 0 Å². The van der Waals surface area contributed by atoms with Gasteiger partial charge in [-0.2, -0.15) is 5.26 Å². The number of hydrogen-bond donors (Lipinski definition) is 2. The molecule has 1 atom stereocenters. The molecule has 1 unspecified atom stereocenters. The summed E-state index contributed by atoms with van der Waals surface area (Å²) < 4.78 is 0. The van der Waals surface area contributed by atoms with Gasteiger partial charge in [0.25, 0.3) is 0 Å². The zero-order valence-corrected chi connectivity index (χ0v) is 6.12. The van der Waals surface area contributed by atoms with Crippen molar-refractivity contribution in [3.63, 3.8) is 0 Å². The van der Waals surface area contributed by atoms with E-state index in [4.69, 9.17) is 15.5 Å². The largest absolute Gasteiger partial charge is 0.368 e. The number of aliphatic hydroxyl groups excluding tert-OH is 1. The number of nitriles is 1. The molecule has 0 aliphatic rings. The molecule has 2 N–H and O–H groups in total. The van der Waals surface area contributed by atoms with Gasteiger partial charge in [-0.3, -0.25) is 0 Å². The van der Waals surface area contributed by atoms with Crippen LogP contribution >= 0.6 is 0 Å². The summed E-state index contributed by atoms with van der Waals surface area (Å²) in [7, 11) is 0. The molecule has 0 amide bonds. The molecule has 0 fully saturated rings. The molecule has 0 rings (SSSR count). The first-order valence-corrected chi connectivity index (χ1v) is 3.41. The zero-order chi connectivity index (χ0) is 7.98. The molecule has 0 bridgehead atoms. The summed E-state index contributed by atoms with van der Waals surface area (Å²) in [6.07, 6.45) is 0.705. The van der Waals surface area contributed by atoms with Crippen molar-refractivity contribution in [2.75, 3.05) is 0 Å². The van der Waals surface area contributed by atoms with Crippen molar-refractivity contribution in [3.05, 3.63) is 0 Å². The minimum absolute atomic E-state index is 0.117. The molecule has 0 spiro atoms. The molecule has 3 nitrogen and oxygen atoms in total. The van der Waals surface area contributed by atoms with Gasteiger partial charge in [-0.05, 0) is 12.8 Å². The van der Waals surface area contributed by atoms with E-state index in [9.17, 15) is 0 Å². The molecular weight excluding hydrogens is 130 g/mol. The van der Waals surface area contributed by atoms with E-state index in [1.807, 2.05) is 6.07 Å². The SMILES string of the molecule is CC(CCCC#N)C(O)O. The predicted molar refractivity (Wildman–Crippen MR) is 36.9 cm³/mol. The van der Waals surface area contributed by atoms with E-state index in [0.29, 0.717) is 12.8 Å². The van der Waals surface area contributed by atoms with Gasteiger partial charge in [-0.1, -0.05) is 6.92 Å². The molecule has 0 radical (unpaired) electrons. The maximum atomic E-state index is 8.59. The van der Waals surface area contributed by atoms with Crippen LogP contribution < -0.4 is 0 Å². The molecule has 10 heavy (non-hydrogen) atoms. The molecule has 0 aromatic rings. The van der Waals surface area contributed by atoms with Crippen molar-refractivity contribution >= 4 is 0 Å². The quantitative estimate of drug-likeness (QED) is 0.448. The molecule has 0 aliphatic carbocycles. The van der Waals surface area contributed by atoms with Gasteiger partial charge in [0.05, 0.1) is 6.07 Å². The molecule has 0 aliphatic heterocycles. The van der Waals surface area contributed by atoms with Gasteiger partial charge in [0.2, 0.25) is 0 Å². The van der Waals surface area contributed by atoms with Crippen molar-refractivity contribution in [2.24, 2.45) is 5.92 Å². The highest BCUT2D eigenvalue weighted by molar-refractivity contribution is 4.69. The first kappa shape index (κ1) is 9.41. The van der Waals surface area contributed by atoms with Crippen LogP contribution in [-0.4, -0.2) is 16.5 Å². The Hall–Kier alpha value is -0.590. The Morgan fingerprint density at radius 3 is 2.50 bits per heavy atom. The van der Waals surface area contributed by atoms with Crippen molar-refractivity contribution in [3.8, 4) is 6.07 Å². The van der Waals surface area contributed by atoms with Gasteiger partial charge in [0.1, 0.15) is 0 Å². The van der Waals surface area contributed by atoms with E-state index in [0.717, 1.165) is 6.42 Å². The number of aliphatic hydroxyl groups is 2. The van der Waals surface area contributed by atoms with Gasteiger partial charge in [0.15, 0.2) is 6.29 Å². The van der Waals surface area contributed by atoms with E-state index >= 15 is 0 Å². The third-order valence-electron chi connectivity index (χ3n) is 1.46. The first-order valence-electron chi connectivity index (χ1n) is 3.41. The second-order valence-electron chi connectivity index (χ2n) is 2.44. The Morgan fingerprint density at radius 2 is 2.10 bits per heavy atom. The minimum Gasteiger partial charge on any atom is -0.368 e. The number of rotatable bonds is 4. The summed E-state index contributed by atoms with van der Waals surface area (Å²) in [5.74, 6) is -0.117. The first-order chi connectivity index (χ1) is 4.68. The lowest BCUT2D eigenvalue weighted by atomic mass is 10.0. The number of nitrogens with zero attached hydrogens (tertiary/aromatic N) is 1. The van der Waals surface area contributed by atoms with Crippen LogP contribution in [0.3, 0.4) is 0 Å². The average Bonchev–Trinajstić information content (AvgIpc) is 1.88. The minimum atomic E-state index is -1.24. The fraction of sp³-hybridized carbons (Fsp3) is 0.857. The van der Waals surface area contributed by atoms with Crippen molar-refractivity contribution in [2.45, 2.75) is 32.5 Å². The highest BCUT2D eigenvalue weighted by Gasteiger charge is 2.08. The Bertz CT molecular complexity index is 117. The summed E-state index contributed by atoms with van der Waals surface area (Å²) in [5, 5.41) is 25.3. The molecule has 58 valence electrons. The standard InChI is InChI=1S/C7H13NO2/c1-6(7(9)10)4-2-3-5-8/h6-7,9-10H,2-4H2,1H3. The maximum Gasteiger partial charge on any atom is 0.154 e. The summed E-state index contributed by atoms with van der Waals surface area (Å²) in [4.78, 5) is 0. The summed E-state index contributed by atoms with van der Waals surface area (Å²) >= 11 is 0. The third kappa shape index (κ3) is 4.30. The van der Waals surface area contributed by atoms with E-state index in [-0.39, 0.29) is 5.92 Å². The average molecular weight is 143 g/mol. The molecule has 0 heterocycles. The van der Waals surface area contributed by atoms with Crippen LogP contribution in [0.1, 0.15) is 26.2 Å². The van der Waals surface area contributed by atoms with Crippen LogP contribution in [0, 0.1) is 17.2 Å². The third-order valence-corrected chi connectivity index (χ3v) is 1.46. The monoisotopic (exact) mass is 143 g/mol. The number of unbranched alkanes of at least 4 members (excludes halogenated alkanes) is 1.